The van der Waals surface area contributed by atoms with Crippen LogP contribution in [0.1, 0.15) is 129 Å². The molecule has 3 heterocycles. The molecule has 4 rings (SSSR count). The van der Waals surface area contributed by atoms with Crippen LogP contribution in [-0.2, 0) is 43.8 Å². The van der Waals surface area contributed by atoms with Crippen molar-refractivity contribution in [3.8, 4) is 12.3 Å². The van der Waals surface area contributed by atoms with Crippen molar-refractivity contribution in [2.75, 3.05) is 25.6 Å². The van der Waals surface area contributed by atoms with Gasteiger partial charge in [-0.15, -0.1) is 6.42 Å². The summed E-state index contributed by atoms with van der Waals surface area (Å²) in [6.45, 7) is 5.25. The van der Waals surface area contributed by atoms with E-state index in [-0.39, 0.29) is 43.0 Å². The minimum absolute atomic E-state index is 0.000740. The maximum Gasteiger partial charge on any atom is 0.407 e. The molecule has 0 amide bonds. The molecule has 6 atom stereocenters. The topological polar surface area (TPSA) is 199 Å². The summed E-state index contributed by atoms with van der Waals surface area (Å²) < 4.78 is 59.4. The van der Waals surface area contributed by atoms with E-state index in [2.05, 4.69) is 39.8 Å². The molecule has 1 saturated heterocycles. The van der Waals surface area contributed by atoms with Crippen LogP contribution < -0.4 is 10.8 Å². The fraction of sp³-hybridized carbons (Fsp3) is 0.643. The smallest absolute Gasteiger partial charge is 0.407 e. The normalized spacial score (nSPS) is 19.9. The number of nitrogen functional groups attached to an aromatic ring is 1. The number of terminal acetylenes is 1. The average molecular weight is 845 g/mol. The first-order chi connectivity index (χ1) is 28.4. The van der Waals surface area contributed by atoms with Gasteiger partial charge in [0.2, 0.25) is 0 Å². The molecule has 3 aromatic rings. The third-order valence-electron chi connectivity index (χ3n) is 10.2. The zero-order valence-corrected chi connectivity index (χ0v) is 35.6. The van der Waals surface area contributed by atoms with Crippen LogP contribution in [0.3, 0.4) is 0 Å². The van der Waals surface area contributed by atoms with Crippen LogP contribution in [0.4, 0.5) is 10.2 Å². The van der Waals surface area contributed by atoms with Crippen molar-refractivity contribution in [3.05, 3.63) is 48.3 Å². The molecule has 17 heteroatoms. The second-order valence-corrected chi connectivity index (χ2v) is 16.7. The average Bonchev–Trinajstić information content (AvgIpc) is 3.79. The minimum Gasteiger partial charge on any atom is -0.465 e. The lowest BCUT2D eigenvalue weighted by molar-refractivity contribution is -0.152. The van der Waals surface area contributed by atoms with Gasteiger partial charge in [-0.05, 0) is 31.7 Å². The van der Waals surface area contributed by atoms with E-state index in [0.717, 1.165) is 69.8 Å². The molecule has 0 aliphatic carbocycles. The summed E-state index contributed by atoms with van der Waals surface area (Å²) in [5.41, 5.74) is 4.73. The fourth-order valence-electron chi connectivity index (χ4n) is 6.78. The van der Waals surface area contributed by atoms with Crippen molar-refractivity contribution in [2.24, 2.45) is 0 Å². The van der Waals surface area contributed by atoms with E-state index in [9.17, 15) is 23.7 Å². The van der Waals surface area contributed by atoms with Gasteiger partial charge < -0.3 is 25.1 Å². The zero-order valence-electron chi connectivity index (χ0n) is 34.7. The van der Waals surface area contributed by atoms with E-state index in [1.165, 1.54) is 30.7 Å². The van der Waals surface area contributed by atoms with E-state index in [1.54, 1.807) is 24.3 Å². The van der Waals surface area contributed by atoms with Gasteiger partial charge in [-0.25, -0.2) is 19.4 Å². The van der Waals surface area contributed by atoms with Crippen LogP contribution in [0.15, 0.2) is 36.7 Å². The Balaban J connectivity index is 1.52. The van der Waals surface area contributed by atoms with E-state index in [0.29, 0.717) is 12.8 Å². The number of unbranched alkanes of at least 4 members (excludes halogenated alkanes) is 12. The SMILES string of the molecule is C#C[C@]1(COP(=O)(N[C@@H](Cc2ccccc2)C(=O)OCCCCCCCCC)O[C@@H](C)C(=O)OCCCCCCCCC)O[C@@H](n2cnc3c(N)nc(F)nc32)C[C@@H]1O. The summed E-state index contributed by atoms with van der Waals surface area (Å²) in [6.07, 6.45) is 16.5. The number of nitrogens with two attached hydrogens (primary N) is 1. The molecule has 59 heavy (non-hydrogen) atoms. The highest BCUT2D eigenvalue weighted by atomic mass is 31.2. The Morgan fingerprint density at radius 2 is 1.59 bits per heavy atom. The largest absolute Gasteiger partial charge is 0.465 e. The number of hydrogen-bond acceptors (Lipinski definition) is 13. The summed E-state index contributed by atoms with van der Waals surface area (Å²) in [5.74, 6) is 0.735. The number of aliphatic hydroxyl groups excluding tert-OH is 1. The third-order valence-corrected chi connectivity index (χ3v) is 11.9. The Morgan fingerprint density at radius 3 is 2.20 bits per heavy atom. The van der Waals surface area contributed by atoms with Gasteiger partial charge in [0.15, 0.2) is 28.7 Å². The minimum atomic E-state index is -4.71. The quantitative estimate of drug-likeness (QED) is 0.0213. The summed E-state index contributed by atoms with van der Waals surface area (Å²) in [5, 5.41) is 14.0. The van der Waals surface area contributed by atoms with E-state index in [1.807, 2.05) is 6.07 Å². The van der Waals surface area contributed by atoms with Gasteiger partial charge in [-0.2, -0.15) is 14.4 Å². The number of nitrogens with one attached hydrogen (secondary N) is 1. The molecular formula is C42H62FN6O9P. The highest BCUT2D eigenvalue weighted by Crippen LogP contribution is 2.49. The van der Waals surface area contributed by atoms with Gasteiger partial charge in [-0.1, -0.05) is 127 Å². The number of esters is 2. The summed E-state index contributed by atoms with van der Waals surface area (Å²) in [4.78, 5) is 38.3. The number of anilines is 1. The van der Waals surface area contributed by atoms with Crippen LogP contribution in [0.5, 0.6) is 0 Å². The highest BCUT2D eigenvalue weighted by Gasteiger charge is 2.50. The standard InChI is InChI=1S/C42H62FN6O9P/c1-5-8-10-12-14-16-21-25-54-39(51)31(4)58-59(53,48-33(27-32-23-19-18-20-24-32)40(52)55-26-22-17-15-13-11-9-6-2)56-29-42(7-3)34(50)28-35(57-42)49-30-45-36-37(44)46-41(43)47-38(36)49/h3,18-20,23-24,30-31,33-35,50H,5-6,8-17,21-22,25-29H2,1-2,4H3,(H,48,53)(H2,44,46,47)/t31-,33-,34-,35+,42+,59?/m0/s1. The third kappa shape index (κ3) is 14.6. The second kappa shape index (κ2) is 24.3. The highest BCUT2D eigenvalue weighted by molar-refractivity contribution is 7.51. The van der Waals surface area contributed by atoms with Gasteiger partial charge in [0, 0.05) is 6.42 Å². The lowest BCUT2D eigenvalue weighted by atomic mass is 9.99. The molecule has 0 radical (unpaired) electrons. The Morgan fingerprint density at radius 1 is 1.00 bits per heavy atom. The second-order valence-electron chi connectivity index (χ2n) is 15.0. The van der Waals surface area contributed by atoms with Crippen molar-refractivity contribution in [3.63, 3.8) is 0 Å². The number of halogens is 1. The predicted octanol–water partition coefficient (Wildman–Crippen LogP) is 7.52. The maximum absolute atomic E-state index is 14.9. The number of imidazole rings is 1. The number of fused-ring (bicyclic) bond motifs is 1. The predicted molar refractivity (Wildman–Crippen MR) is 221 cm³/mol. The summed E-state index contributed by atoms with van der Waals surface area (Å²) in [6, 6.07) is 7.77. The number of nitrogens with zero attached hydrogens (tertiary/aromatic N) is 4. The fourth-order valence-corrected chi connectivity index (χ4v) is 8.42. The van der Waals surface area contributed by atoms with Gasteiger partial charge in [0.05, 0.1) is 19.5 Å². The van der Waals surface area contributed by atoms with Crippen LogP contribution in [-0.4, -0.2) is 80.2 Å². The Labute approximate surface area is 347 Å². The molecule has 1 unspecified atom stereocenters. The van der Waals surface area contributed by atoms with Crippen molar-refractivity contribution < 1.29 is 46.9 Å². The van der Waals surface area contributed by atoms with Gasteiger partial charge >= 0.3 is 25.8 Å². The van der Waals surface area contributed by atoms with E-state index >= 15 is 0 Å². The number of carbonyl (C=O) groups is 2. The summed E-state index contributed by atoms with van der Waals surface area (Å²) in [7, 11) is -4.71. The first-order valence-electron chi connectivity index (χ1n) is 21.0. The number of benzene rings is 1. The number of aliphatic hydroxyl groups is 1. The number of hydrogen-bond donors (Lipinski definition) is 3. The van der Waals surface area contributed by atoms with Crippen molar-refractivity contribution in [1.82, 2.24) is 24.6 Å². The first kappa shape index (κ1) is 47.7. The Hall–Kier alpha value is -3.97. The van der Waals surface area contributed by atoms with Crippen molar-refractivity contribution in [2.45, 2.75) is 154 Å². The van der Waals surface area contributed by atoms with Gasteiger partial charge in [0.25, 0.3) is 0 Å². The maximum atomic E-state index is 14.9. The van der Waals surface area contributed by atoms with Crippen molar-refractivity contribution in [1.29, 1.82) is 0 Å². The number of rotatable bonds is 28. The van der Waals surface area contributed by atoms with E-state index in [4.69, 9.17) is 35.4 Å². The summed E-state index contributed by atoms with van der Waals surface area (Å²) >= 11 is 0. The first-order valence-corrected chi connectivity index (χ1v) is 22.6. The molecule has 2 aromatic heterocycles. The van der Waals surface area contributed by atoms with Crippen LogP contribution in [0, 0.1) is 18.4 Å². The number of ether oxygens (including phenoxy) is 3. The molecule has 1 aromatic carbocycles. The molecule has 1 aliphatic heterocycles. The van der Waals surface area contributed by atoms with Crippen LogP contribution >= 0.6 is 7.75 Å². The monoisotopic (exact) mass is 844 g/mol. The van der Waals surface area contributed by atoms with Gasteiger partial charge in [0.1, 0.15) is 25.0 Å². The zero-order chi connectivity index (χ0) is 42.7. The molecular weight excluding hydrogens is 782 g/mol. The molecule has 1 fully saturated rings. The van der Waals surface area contributed by atoms with Crippen LogP contribution in [0.25, 0.3) is 11.2 Å². The molecule has 15 nitrogen and oxygen atoms in total. The molecule has 0 spiro atoms. The molecule has 0 bridgehead atoms. The Kier molecular flexibility index (Phi) is 19.7. The van der Waals surface area contributed by atoms with Gasteiger partial charge in [-0.3, -0.25) is 18.4 Å². The molecule has 0 saturated carbocycles. The van der Waals surface area contributed by atoms with Crippen molar-refractivity contribution >= 4 is 36.7 Å². The number of carbonyl (C=O) groups excluding carboxylic acids is 2. The Bertz CT molecular complexity index is 1850. The molecule has 326 valence electrons. The molecule has 1 aliphatic rings. The lowest BCUT2D eigenvalue weighted by Crippen LogP contribution is -2.44. The lowest BCUT2D eigenvalue weighted by Gasteiger charge is -2.31. The van der Waals surface area contributed by atoms with E-state index < -0.39 is 62.4 Å². The van der Waals surface area contributed by atoms with Crippen LogP contribution in [0.2, 0.25) is 0 Å². The number of aromatic nitrogens is 4. The molecule has 4 N–H and O–H groups in total.